The maximum atomic E-state index is 12.9. The smallest absolute Gasteiger partial charge is 0.410 e. The van der Waals surface area contributed by atoms with Crippen molar-refractivity contribution in [1.82, 2.24) is 4.90 Å². The van der Waals surface area contributed by atoms with Gasteiger partial charge >= 0.3 is 6.09 Å². The number of rotatable bonds is 3. The molecular weight excluding hydrogens is 580 g/mol. The molecule has 3 aliphatic carbocycles. The average Bonchev–Trinajstić information content (AvgIpc) is 3.81. The summed E-state index contributed by atoms with van der Waals surface area (Å²) in [5, 5.41) is 3.79. The van der Waals surface area contributed by atoms with E-state index in [2.05, 4.69) is 61.3 Å². The minimum atomic E-state index is -0.507. The van der Waals surface area contributed by atoms with E-state index in [1.807, 2.05) is 31.9 Å². The van der Waals surface area contributed by atoms with Crippen LogP contribution in [-0.4, -0.2) is 40.7 Å². The van der Waals surface area contributed by atoms with Crippen LogP contribution >= 0.6 is 0 Å². The second-order valence-electron chi connectivity index (χ2n) is 16.2. The third kappa shape index (κ3) is 5.60. The Morgan fingerprint density at radius 1 is 1.02 bits per heavy atom. The van der Waals surface area contributed by atoms with E-state index < -0.39 is 5.60 Å². The molecule has 6 nitrogen and oxygen atoms in total. The normalized spacial score (nSPS) is 25.8. The van der Waals surface area contributed by atoms with Crippen molar-refractivity contribution >= 4 is 23.3 Å². The summed E-state index contributed by atoms with van der Waals surface area (Å²) < 4.78 is 5.69. The first-order valence-corrected chi connectivity index (χ1v) is 18.0. The number of amides is 1. The number of amidine groups is 1. The van der Waals surface area contributed by atoms with Crippen molar-refractivity contribution in [3.8, 4) is 23.0 Å². The van der Waals surface area contributed by atoms with Gasteiger partial charge in [0.15, 0.2) is 0 Å². The Morgan fingerprint density at radius 3 is 2.62 bits per heavy atom. The molecule has 0 aromatic heterocycles. The van der Waals surface area contributed by atoms with Gasteiger partial charge in [-0.05, 0) is 126 Å². The zero-order chi connectivity index (χ0) is 32.5. The van der Waals surface area contributed by atoms with Crippen molar-refractivity contribution in [2.45, 2.75) is 122 Å². The Kier molecular flexibility index (Phi) is 7.39. The van der Waals surface area contributed by atoms with Crippen molar-refractivity contribution < 1.29 is 9.53 Å². The summed E-state index contributed by atoms with van der Waals surface area (Å²) in [6.07, 6.45) is 13.1. The summed E-state index contributed by atoms with van der Waals surface area (Å²) in [6, 6.07) is 11.6. The molecule has 244 valence electrons. The lowest BCUT2D eigenvalue weighted by atomic mass is 9.73. The topological polar surface area (TPSA) is 66.3 Å². The summed E-state index contributed by atoms with van der Waals surface area (Å²) in [6.45, 7) is 11.0. The summed E-state index contributed by atoms with van der Waals surface area (Å²) in [5.74, 6) is 10.2. The summed E-state index contributed by atoms with van der Waals surface area (Å²) in [7, 11) is 0. The Hall–Kier alpha value is -3.85. The second kappa shape index (κ2) is 11.4. The summed E-state index contributed by atoms with van der Waals surface area (Å²) in [5.41, 5.74) is 10.6. The van der Waals surface area contributed by atoms with Crippen LogP contribution in [0.25, 0.3) is 11.1 Å². The van der Waals surface area contributed by atoms with Gasteiger partial charge in [-0.25, -0.2) is 4.79 Å². The zero-order valence-electron chi connectivity index (χ0n) is 28.7. The molecule has 6 aliphatic rings. The second-order valence-corrected chi connectivity index (χ2v) is 16.2. The van der Waals surface area contributed by atoms with Crippen LogP contribution in [0.4, 0.5) is 10.5 Å². The lowest BCUT2D eigenvalue weighted by molar-refractivity contribution is 0.0265. The number of benzene rings is 2. The third-order valence-corrected chi connectivity index (χ3v) is 11.4. The van der Waals surface area contributed by atoms with Crippen LogP contribution in [0.5, 0.6) is 0 Å². The monoisotopic (exact) mass is 628 g/mol. The minimum absolute atomic E-state index is 0.00290. The van der Waals surface area contributed by atoms with Gasteiger partial charge in [0.1, 0.15) is 11.4 Å². The highest BCUT2D eigenvalue weighted by molar-refractivity contribution is 6.01. The lowest BCUT2D eigenvalue weighted by Crippen LogP contribution is -2.43. The fourth-order valence-corrected chi connectivity index (χ4v) is 8.94. The molecule has 6 heteroatoms. The first kappa shape index (κ1) is 30.5. The Labute approximate surface area is 280 Å². The summed E-state index contributed by atoms with van der Waals surface area (Å²) in [4.78, 5) is 24.7. The van der Waals surface area contributed by atoms with Crippen LogP contribution in [0, 0.1) is 23.7 Å². The number of allylic oxidation sites excluding steroid dienone is 1. The SMILES string of the molecule is CC(C)(C)OC(=O)N1CCC[C@H]1C1=NC=C(C#Cc2ccc(-c3ccc4c(c3)NC(C3CCCC3)=NC4(C)C)c3c2C2CCC2C3)C1. The molecule has 2 unspecified atom stereocenters. The zero-order valence-corrected chi connectivity index (χ0v) is 28.7. The predicted octanol–water partition coefficient (Wildman–Crippen LogP) is 9.13. The fraction of sp³-hybridized carbons (Fsp3) is 0.537. The van der Waals surface area contributed by atoms with E-state index in [-0.39, 0.29) is 17.7 Å². The van der Waals surface area contributed by atoms with Crippen LogP contribution in [0.2, 0.25) is 0 Å². The van der Waals surface area contributed by atoms with Crippen LogP contribution < -0.4 is 5.32 Å². The maximum Gasteiger partial charge on any atom is 0.410 e. The Balaban J connectivity index is 1.04. The van der Waals surface area contributed by atoms with E-state index in [0.29, 0.717) is 24.8 Å². The Bertz CT molecular complexity index is 1790. The molecule has 1 amide bonds. The van der Waals surface area contributed by atoms with Crippen LogP contribution in [0.3, 0.4) is 0 Å². The summed E-state index contributed by atoms with van der Waals surface area (Å²) >= 11 is 0. The number of fused-ring (bicyclic) bond motifs is 4. The van der Waals surface area contributed by atoms with Gasteiger partial charge in [0, 0.05) is 53.2 Å². The van der Waals surface area contributed by atoms with Gasteiger partial charge in [0.05, 0.1) is 11.6 Å². The van der Waals surface area contributed by atoms with Crippen LogP contribution in [0.1, 0.15) is 121 Å². The molecule has 2 aromatic rings. The number of nitrogens with one attached hydrogen (secondary N) is 1. The van der Waals surface area contributed by atoms with Crippen molar-refractivity contribution in [1.29, 1.82) is 0 Å². The quantitative estimate of drug-likeness (QED) is 0.345. The van der Waals surface area contributed by atoms with Gasteiger partial charge in [-0.3, -0.25) is 14.9 Å². The molecule has 3 heterocycles. The molecular formula is C41H48N4O2. The molecule has 0 spiro atoms. The highest BCUT2D eigenvalue weighted by atomic mass is 16.6. The first-order valence-electron chi connectivity index (χ1n) is 18.0. The van der Waals surface area contributed by atoms with E-state index in [1.165, 1.54) is 83.4 Å². The van der Waals surface area contributed by atoms with E-state index in [9.17, 15) is 4.79 Å². The molecule has 47 heavy (non-hydrogen) atoms. The number of hydrogen-bond donors (Lipinski definition) is 1. The fourth-order valence-electron chi connectivity index (χ4n) is 8.94. The standard InChI is InChI=1S/C41H48N4O2/c1-40(2,3)47-39(46)45-20-8-11-36(45)35-21-25(24-42-35)12-13-26-14-17-30(32-22-28-15-18-31(28)37(26)32)29-16-19-33-34(23-29)43-38(44-41(33,4)5)27-9-6-7-10-27/h14,16-17,19,23-24,27-28,31,36H,6-11,15,18,20-22H2,1-5H3,(H,43,44)/t28?,31?,36-/m0/s1. The van der Waals surface area contributed by atoms with Gasteiger partial charge in [0.2, 0.25) is 0 Å². The molecule has 8 rings (SSSR count). The van der Waals surface area contributed by atoms with E-state index in [1.54, 1.807) is 0 Å². The number of carbonyl (C=O) groups is 1. The molecule has 0 bridgehead atoms. The average molecular weight is 629 g/mol. The van der Waals surface area contributed by atoms with Gasteiger partial charge in [-0.2, -0.15) is 0 Å². The van der Waals surface area contributed by atoms with Crippen molar-refractivity contribution in [3.63, 3.8) is 0 Å². The highest BCUT2D eigenvalue weighted by Crippen LogP contribution is 2.54. The predicted molar refractivity (Wildman–Crippen MR) is 190 cm³/mol. The van der Waals surface area contributed by atoms with Crippen molar-refractivity contribution in [3.05, 3.63) is 64.4 Å². The molecule has 1 N–H and O–H groups in total. The van der Waals surface area contributed by atoms with E-state index in [0.717, 1.165) is 36.5 Å². The van der Waals surface area contributed by atoms with E-state index >= 15 is 0 Å². The largest absolute Gasteiger partial charge is 0.444 e. The molecule has 3 aliphatic heterocycles. The molecule has 3 fully saturated rings. The number of ether oxygens (including phenoxy) is 1. The maximum absolute atomic E-state index is 12.9. The number of likely N-dealkylation sites (tertiary alicyclic amines) is 1. The minimum Gasteiger partial charge on any atom is -0.444 e. The van der Waals surface area contributed by atoms with Gasteiger partial charge in [-0.15, -0.1) is 0 Å². The van der Waals surface area contributed by atoms with Gasteiger partial charge < -0.3 is 10.1 Å². The number of aliphatic imine (C=N–C) groups is 2. The first-order chi connectivity index (χ1) is 22.5. The van der Waals surface area contributed by atoms with Gasteiger partial charge in [0.25, 0.3) is 0 Å². The van der Waals surface area contributed by atoms with E-state index in [4.69, 9.17) is 14.7 Å². The molecule has 0 radical (unpaired) electrons. The van der Waals surface area contributed by atoms with Crippen LogP contribution in [0.15, 0.2) is 52.1 Å². The number of carbonyl (C=O) groups excluding carboxylic acids is 1. The number of nitrogens with zero attached hydrogens (tertiary/aromatic N) is 3. The molecule has 1 saturated heterocycles. The number of anilines is 1. The highest BCUT2D eigenvalue weighted by Gasteiger charge is 2.42. The third-order valence-electron chi connectivity index (χ3n) is 11.4. The molecule has 2 saturated carbocycles. The molecule has 2 aromatic carbocycles. The van der Waals surface area contributed by atoms with Gasteiger partial charge in [-0.1, -0.05) is 42.9 Å². The Morgan fingerprint density at radius 2 is 1.85 bits per heavy atom. The van der Waals surface area contributed by atoms with Crippen molar-refractivity contribution in [2.75, 3.05) is 11.9 Å². The van der Waals surface area contributed by atoms with Crippen molar-refractivity contribution in [2.24, 2.45) is 21.8 Å². The van der Waals surface area contributed by atoms with Crippen LogP contribution in [-0.2, 0) is 16.7 Å². The lowest BCUT2D eigenvalue weighted by Gasteiger charge is -2.33. The number of hydrogen-bond acceptors (Lipinski definition) is 5. The molecule has 3 atom stereocenters.